The van der Waals surface area contributed by atoms with Gasteiger partial charge in [0, 0.05) is 24.8 Å². The summed E-state index contributed by atoms with van der Waals surface area (Å²) in [6, 6.07) is 23.8. The van der Waals surface area contributed by atoms with Crippen molar-refractivity contribution in [3.05, 3.63) is 84.4 Å². The van der Waals surface area contributed by atoms with Crippen molar-refractivity contribution in [3.63, 3.8) is 0 Å². The lowest BCUT2D eigenvalue weighted by atomic mass is 10.1. The number of hydrogen-bond donors (Lipinski definition) is 2. The van der Waals surface area contributed by atoms with Crippen LogP contribution in [0.5, 0.6) is 0 Å². The Labute approximate surface area is 202 Å². The maximum atomic E-state index is 13.5. The summed E-state index contributed by atoms with van der Waals surface area (Å²) >= 11 is 0. The Morgan fingerprint density at radius 2 is 1.54 bits per heavy atom. The van der Waals surface area contributed by atoms with Gasteiger partial charge in [0.25, 0.3) is 5.91 Å². The van der Waals surface area contributed by atoms with Crippen molar-refractivity contribution in [2.24, 2.45) is 0 Å². The van der Waals surface area contributed by atoms with Gasteiger partial charge in [-0.05, 0) is 48.4 Å². The fourth-order valence-corrected chi connectivity index (χ4v) is 4.42. The maximum Gasteiger partial charge on any atom is 0.253 e. The molecule has 35 heavy (non-hydrogen) atoms. The third-order valence-electron chi connectivity index (χ3n) is 6.02. The van der Waals surface area contributed by atoms with Gasteiger partial charge in [-0.25, -0.2) is 4.98 Å². The van der Waals surface area contributed by atoms with Crippen LogP contribution in [-0.2, 0) is 20.8 Å². The quantitative estimate of drug-likeness (QED) is 0.427. The number of rotatable bonds is 7. The van der Waals surface area contributed by atoms with Gasteiger partial charge in [-0.15, -0.1) is 0 Å². The molecule has 5 rings (SSSR count). The highest BCUT2D eigenvalue weighted by Gasteiger charge is 2.40. The molecule has 3 amide bonds. The predicted octanol–water partition coefficient (Wildman–Crippen LogP) is 4.15. The van der Waals surface area contributed by atoms with Crippen LogP contribution in [0.2, 0.25) is 0 Å². The van der Waals surface area contributed by atoms with Crippen molar-refractivity contribution in [2.45, 2.75) is 25.8 Å². The first-order valence-electron chi connectivity index (χ1n) is 11.5. The molecule has 0 bridgehead atoms. The number of aromatic nitrogens is 2. The molecule has 0 radical (unpaired) electrons. The van der Waals surface area contributed by atoms with Gasteiger partial charge in [0.05, 0.1) is 17.5 Å². The van der Waals surface area contributed by atoms with Crippen LogP contribution in [0.4, 0.5) is 17.3 Å². The topological polar surface area (TPSA) is 96.3 Å². The lowest BCUT2D eigenvalue weighted by molar-refractivity contribution is -0.124. The molecule has 8 heteroatoms. The normalized spacial score (nSPS) is 14.7. The molecule has 1 atom stereocenters. The zero-order valence-corrected chi connectivity index (χ0v) is 19.3. The Bertz CT molecular complexity index is 1400. The second kappa shape index (κ2) is 9.42. The molecular formula is C27H25N5O3. The number of carbonyl (C=O) groups is 3. The Morgan fingerprint density at radius 3 is 2.26 bits per heavy atom. The zero-order valence-electron chi connectivity index (χ0n) is 19.3. The second-order valence-electron chi connectivity index (χ2n) is 8.52. The highest BCUT2D eigenvalue weighted by Crippen LogP contribution is 2.36. The van der Waals surface area contributed by atoms with E-state index in [2.05, 4.69) is 10.6 Å². The average molecular weight is 468 g/mol. The largest absolute Gasteiger partial charge is 0.326 e. The van der Waals surface area contributed by atoms with Crippen LogP contribution in [0.1, 0.15) is 24.9 Å². The van der Waals surface area contributed by atoms with Crippen molar-refractivity contribution in [1.29, 1.82) is 0 Å². The molecule has 0 spiro atoms. The highest BCUT2D eigenvalue weighted by molar-refractivity contribution is 6.05. The highest BCUT2D eigenvalue weighted by atomic mass is 16.2. The average Bonchev–Trinajstić information content (AvgIpc) is 3.34. The van der Waals surface area contributed by atoms with Crippen LogP contribution in [0, 0.1) is 0 Å². The Hall–Kier alpha value is -4.46. The Morgan fingerprint density at radius 1 is 0.886 bits per heavy atom. The van der Waals surface area contributed by atoms with Crippen LogP contribution in [-0.4, -0.2) is 33.8 Å². The summed E-state index contributed by atoms with van der Waals surface area (Å²) in [7, 11) is 0. The van der Waals surface area contributed by atoms with E-state index < -0.39 is 6.04 Å². The first-order chi connectivity index (χ1) is 17.0. The van der Waals surface area contributed by atoms with E-state index in [0.29, 0.717) is 30.3 Å². The molecule has 176 valence electrons. The summed E-state index contributed by atoms with van der Waals surface area (Å²) in [6.45, 7) is 1.92. The molecule has 2 N–H and O–H groups in total. The van der Waals surface area contributed by atoms with Gasteiger partial charge in [-0.1, -0.05) is 42.5 Å². The van der Waals surface area contributed by atoms with Gasteiger partial charge in [-0.2, -0.15) is 0 Å². The number of nitrogens with zero attached hydrogens (tertiary/aromatic N) is 3. The van der Waals surface area contributed by atoms with E-state index in [9.17, 15) is 14.4 Å². The smallest absolute Gasteiger partial charge is 0.253 e. The number of carbonyl (C=O) groups excluding carboxylic acids is 3. The van der Waals surface area contributed by atoms with E-state index in [1.165, 1.54) is 6.92 Å². The molecule has 2 heterocycles. The molecule has 1 aliphatic heterocycles. The van der Waals surface area contributed by atoms with Gasteiger partial charge < -0.3 is 10.6 Å². The van der Waals surface area contributed by atoms with Crippen molar-refractivity contribution < 1.29 is 14.4 Å². The molecule has 1 aromatic heterocycles. The number of amides is 3. The monoisotopic (exact) mass is 467 g/mol. The predicted molar refractivity (Wildman–Crippen MR) is 135 cm³/mol. The van der Waals surface area contributed by atoms with E-state index in [4.69, 9.17) is 4.98 Å². The standard InChI is InChI=1S/C27H25N5O3/c1-18(33)28-20-11-13-21(14-12-20)29-25(34)17-24-26(35)31(16-15-19-7-3-2-4-8-19)27-30-22-9-5-6-10-23(22)32(24)27/h2-14,24H,15-17H2,1H3,(H,28,33)(H,29,34)/t24-/m1/s1. The SMILES string of the molecule is CC(=O)Nc1ccc(NC(=O)C[C@@H]2C(=O)N(CCc3ccccc3)c3nc4ccccc4n32)cc1. The van der Waals surface area contributed by atoms with Crippen molar-refractivity contribution in [2.75, 3.05) is 22.1 Å². The number of imidazole rings is 1. The van der Waals surface area contributed by atoms with E-state index in [1.54, 1.807) is 29.2 Å². The first-order valence-corrected chi connectivity index (χ1v) is 11.5. The number of fused-ring (bicyclic) bond motifs is 3. The molecule has 3 aromatic carbocycles. The summed E-state index contributed by atoms with van der Waals surface area (Å²) in [5.74, 6) is 0.000844. The summed E-state index contributed by atoms with van der Waals surface area (Å²) in [4.78, 5) is 44.0. The third kappa shape index (κ3) is 4.63. The minimum Gasteiger partial charge on any atom is -0.326 e. The lowest BCUT2D eigenvalue weighted by Crippen LogP contribution is -2.33. The molecule has 1 aliphatic rings. The number of benzene rings is 3. The molecule has 0 saturated carbocycles. The second-order valence-corrected chi connectivity index (χ2v) is 8.52. The lowest BCUT2D eigenvalue weighted by Gasteiger charge is -2.16. The van der Waals surface area contributed by atoms with Crippen molar-refractivity contribution >= 4 is 46.1 Å². The maximum absolute atomic E-state index is 13.5. The van der Waals surface area contributed by atoms with Gasteiger partial charge >= 0.3 is 0 Å². The molecule has 0 saturated heterocycles. The molecule has 0 unspecified atom stereocenters. The molecule has 8 nitrogen and oxygen atoms in total. The number of para-hydroxylation sites is 2. The Kier molecular flexibility index (Phi) is 6.01. The van der Waals surface area contributed by atoms with Crippen molar-refractivity contribution in [1.82, 2.24) is 9.55 Å². The first kappa shape index (κ1) is 22.3. The van der Waals surface area contributed by atoms with E-state index in [1.807, 2.05) is 59.2 Å². The number of anilines is 3. The third-order valence-corrected chi connectivity index (χ3v) is 6.02. The summed E-state index contributed by atoms with van der Waals surface area (Å²) < 4.78 is 1.88. The van der Waals surface area contributed by atoms with E-state index >= 15 is 0 Å². The molecule has 0 fully saturated rings. The molecule has 0 aliphatic carbocycles. The summed E-state index contributed by atoms with van der Waals surface area (Å²) in [6.07, 6.45) is 0.677. The van der Waals surface area contributed by atoms with E-state index in [0.717, 1.165) is 16.6 Å². The summed E-state index contributed by atoms with van der Waals surface area (Å²) in [5, 5.41) is 5.55. The van der Waals surface area contributed by atoms with Crippen LogP contribution in [0.15, 0.2) is 78.9 Å². The van der Waals surface area contributed by atoms with Crippen LogP contribution < -0.4 is 15.5 Å². The molecular weight excluding hydrogens is 442 g/mol. The van der Waals surface area contributed by atoms with Gasteiger partial charge in [0.2, 0.25) is 17.8 Å². The van der Waals surface area contributed by atoms with Crippen molar-refractivity contribution in [3.8, 4) is 0 Å². The fourth-order valence-electron chi connectivity index (χ4n) is 4.42. The Balaban J connectivity index is 1.36. The van der Waals surface area contributed by atoms with E-state index in [-0.39, 0.29) is 24.1 Å². The van der Waals surface area contributed by atoms with Crippen LogP contribution in [0.25, 0.3) is 11.0 Å². The zero-order chi connectivity index (χ0) is 24.4. The number of hydrogen-bond acceptors (Lipinski definition) is 4. The van der Waals surface area contributed by atoms with Gasteiger partial charge in [0.1, 0.15) is 6.04 Å². The van der Waals surface area contributed by atoms with Crippen LogP contribution in [0.3, 0.4) is 0 Å². The number of nitrogens with one attached hydrogen (secondary N) is 2. The van der Waals surface area contributed by atoms with Crippen LogP contribution >= 0.6 is 0 Å². The minimum atomic E-state index is -0.674. The van der Waals surface area contributed by atoms with Gasteiger partial charge in [-0.3, -0.25) is 23.9 Å². The fraction of sp³-hybridized carbons (Fsp3) is 0.185. The minimum absolute atomic E-state index is 0.0124. The molecule has 4 aromatic rings. The van der Waals surface area contributed by atoms with Gasteiger partial charge in [0.15, 0.2) is 0 Å². The summed E-state index contributed by atoms with van der Waals surface area (Å²) in [5.41, 5.74) is 3.98.